The SMILES string of the molecule is CC(=O)c1cc(C(=O)N2C[C@H]3CC[C@@H]2CN(S(C)(=O)=O)C3)c(=O)[nH]c1C. The minimum absolute atomic E-state index is 0.0456. The molecule has 0 spiro atoms. The summed E-state index contributed by atoms with van der Waals surface area (Å²) >= 11 is 0. The Balaban J connectivity index is 1.95. The summed E-state index contributed by atoms with van der Waals surface area (Å²) in [6.45, 7) is 4.04. The summed E-state index contributed by atoms with van der Waals surface area (Å²) < 4.78 is 25.3. The molecule has 2 atom stereocenters. The van der Waals surface area contributed by atoms with Crippen molar-refractivity contribution in [3.63, 3.8) is 0 Å². The van der Waals surface area contributed by atoms with Gasteiger partial charge in [-0.25, -0.2) is 8.42 Å². The fourth-order valence-electron chi connectivity index (χ4n) is 3.86. The summed E-state index contributed by atoms with van der Waals surface area (Å²) in [5.41, 5.74) is 0.141. The summed E-state index contributed by atoms with van der Waals surface area (Å²) in [5, 5.41) is 0. The van der Waals surface area contributed by atoms with Gasteiger partial charge in [0.25, 0.3) is 11.5 Å². The van der Waals surface area contributed by atoms with E-state index in [9.17, 15) is 22.8 Å². The van der Waals surface area contributed by atoms with Gasteiger partial charge in [0.2, 0.25) is 10.0 Å². The van der Waals surface area contributed by atoms with Gasteiger partial charge in [0, 0.05) is 36.9 Å². The maximum atomic E-state index is 13.0. The van der Waals surface area contributed by atoms with Crippen LogP contribution in [0.25, 0.3) is 0 Å². The lowest BCUT2D eigenvalue weighted by atomic mass is 9.94. The number of ketones is 1. The van der Waals surface area contributed by atoms with Gasteiger partial charge in [-0.05, 0) is 38.7 Å². The second-order valence-corrected chi connectivity index (χ2v) is 9.22. The number of aromatic amines is 1. The Bertz CT molecular complexity index is 921. The zero-order chi connectivity index (χ0) is 19.2. The maximum Gasteiger partial charge on any atom is 0.261 e. The molecule has 0 aliphatic carbocycles. The average molecular weight is 381 g/mol. The van der Waals surface area contributed by atoms with Crippen LogP contribution in [0.3, 0.4) is 0 Å². The number of hydrogen-bond acceptors (Lipinski definition) is 5. The molecular weight excluding hydrogens is 358 g/mol. The summed E-state index contributed by atoms with van der Waals surface area (Å²) in [6.07, 6.45) is 2.73. The zero-order valence-corrected chi connectivity index (χ0v) is 15.9. The predicted molar refractivity (Wildman–Crippen MR) is 95.8 cm³/mol. The largest absolute Gasteiger partial charge is 0.334 e. The molecule has 0 unspecified atom stereocenters. The van der Waals surface area contributed by atoms with Crippen LogP contribution in [0.4, 0.5) is 0 Å². The average Bonchev–Trinajstić information content (AvgIpc) is 2.85. The highest BCUT2D eigenvalue weighted by molar-refractivity contribution is 7.88. The first kappa shape index (κ1) is 18.8. The van der Waals surface area contributed by atoms with E-state index >= 15 is 0 Å². The van der Waals surface area contributed by atoms with Crippen LogP contribution >= 0.6 is 0 Å². The monoisotopic (exact) mass is 381 g/mol. The van der Waals surface area contributed by atoms with Gasteiger partial charge >= 0.3 is 0 Å². The molecule has 1 N–H and O–H groups in total. The Morgan fingerprint density at radius 3 is 2.46 bits per heavy atom. The summed E-state index contributed by atoms with van der Waals surface area (Å²) in [4.78, 5) is 41.2. The Morgan fingerprint density at radius 1 is 1.15 bits per heavy atom. The second kappa shape index (κ2) is 6.62. The van der Waals surface area contributed by atoms with E-state index < -0.39 is 21.5 Å². The molecule has 9 heteroatoms. The number of rotatable bonds is 3. The van der Waals surface area contributed by atoms with Crippen molar-refractivity contribution < 1.29 is 18.0 Å². The number of amides is 1. The van der Waals surface area contributed by atoms with Gasteiger partial charge in [-0.2, -0.15) is 4.31 Å². The molecule has 1 amide bonds. The Hall–Kier alpha value is -2.00. The fraction of sp³-hybridized carbons (Fsp3) is 0.588. The van der Waals surface area contributed by atoms with Crippen LogP contribution in [0.15, 0.2) is 10.9 Å². The molecule has 0 aromatic carbocycles. The van der Waals surface area contributed by atoms with Crippen LogP contribution in [0.1, 0.15) is 46.2 Å². The highest BCUT2D eigenvalue weighted by Gasteiger charge is 2.40. The Morgan fingerprint density at radius 2 is 1.85 bits per heavy atom. The van der Waals surface area contributed by atoms with Crippen LogP contribution in [0.5, 0.6) is 0 Å². The van der Waals surface area contributed by atoms with Gasteiger partial charge in [-0.1, -0.05) is 0 Å². The van der Waals surface area contributed by atoms with E-state index in [0.717, 1.165) is 6.42 Å². The Kier molecular flexibility index (Phi) is 4.78. The van der Waals surface area contributed by atoms with Gasteiger partial charge < -0.3 is 9.88 Å². The van der Waals surface area contributed by atoms with Gasteiger partial charge in [-0.15, -0.1) is 0 Å². The van der Waals surface area contributed by atoms with E-state index in [-0.39, 0.29) is 29.9 Å². The number of carbonyl (C=O) groups is 2. The molecule has 3 saturated heterocycles. The third-order valence-electron chi connectivity index (χ3n) is 5.26. The van der Waals surface area contributed by atoms with Crippen LogP contribution < -0.4 is 5.56 Å². The van der Waals surface area contributed by atoms with Crippen molar-refractivity contribution in [1.29, 1.82) is 0 Å². The number of sulfonamides is 1. The van der Waals surface area contributed by atoms with Crippen molar-refractivity contribution >= 4 is 21.7 Å². The van der Waals surface area contributed by atoms with Crippen molar-refractivity contribution in [3.8, 4) is 0 Å². The van der Waals surface area contributed by atoms with Crippen molar-refractivity contribution in [2.24, 2.45) is 5.92 Å². The number of aromatic nitrogens is 1. The first-order valence-electron chi connectivity index (χ1n) is 8.59. The van der Waals surface area contributed by atoms with E-state index in [1.165, 1.54) is 23.6 Å². The maximum absolute atomic E-state index is 13.0. The second-order valence-electron chi connectivity index (χ2n) is 7.24. The summed E-state index contributed by atoms with van der Waals surface area (Å²) in [6, 6.07) is 1.09. The van der Waals surface area contributed by atoms with E-state index in [4.69, 9.17) is 0 Å². The Labute approximate surface area is 152 Å². The number of H-pyrrole nitrogens is 1. The lowest BCUT2D eigenvalue weighted by Crippen LogP contribution is -2.49. The molecule has 1 aromatic heterocycles. The smallest absolute Gasteiger partial charge is 0.261 e. The lowest BCUT2D eigenvalue weighted by molar-refractivity contribution is 0.0587. The predicted octanol–water partition coefficient (Wildman–Crippen LogP) is 0.382. The van der Waals surface area contributed by atoms with E-state index in [2.05, 4.69) is 4.98 Å². The summed E-state index contributed by atoms with van der Waals surface area (Å²) in [7, 11) is -3.34. The van der Waals surface area contributed by atoms with E-state index in [1.54, 1.807) is 11.8 Å². The van der Waals surface area contributed by atoms with E-state index in [0.29, 0.717) is 30.8 Å². The number of hydrogen-bond donors (Lipinski definition) is 1. The van der Waals surface area contributed by atoms with Crippen molar-refractivity contribution in [2.45, 2.75) is 32.7 Å². The van der Waals surface area contributed by atoms with Crippen molar-refractivity contribution in [3.05, 3.63) is 33.2 Å². The number of nitrogens with one attached hydrogen (secondary N) is 1. The van der Waals surface area contributed by atoms with Crippen LogP contribution in [0.2, 0.25) is 0 Å². The molecule has 3 aliphatic rings. The molecule has 26 heavy (non-hydrogen) atoms. The lowest BCUT2D eigenvalue weighted by Gasteiger charge is -2.36. The molecule has 4 heterocycles. The first-order valence-corrected chi connectivity index (χ1v) is 10.4. The number of nitrogens with zero attached hydrogens (tertiary/aromatic N) is 2. The third kappa shape index (κ3) is 3.45. The topological polar surface area (TPSA) is 108 Å². The van der Waals surface area contributed by atoms with Gasteiger partial charge in [0.05, 0.1) is 6.26 Å². The number of aryl methyl sites for hydroxylation is 1. The minimum Gasteiger partial charge on any atom is -0.334 e. The first-order chi connectivity index (χ1) is 12.1. The standard InChI is InChI=1S/C17H23N3O5S/c1-10-14(11(2)21)6-15(16(22)18-10)17(23)20-8-12-4-5-13(20)9-19(7-12)26(3,24)25/h6,12-13H,4-5,7-9H2,1-3H3,(H,18,22)/t12-,13+/m0/s1. The van der Waals surface area contributed by atoms with Crippen molar-refractivity contribution in [2.75, 3.05) is 25.9 Å². The molecule has 1 aromatic rings. The van der Waals surface area contributed by atoms with E-state index in [1.807, 2.05) is 0 Å². The molecule has 3 fully saturated rings. The van der Waals surface area contributed by atoms with Crippen LogP contribution in [-0.2, 0) is 10.0 Å². The quantitative estimate of drug-likeness (QED) is 0.762. The number of pyridine rings is 1. The van der Waals surface area contributed by atoms with Crippen LogP contribution in [-0.4, -0.2) is 66.2 Å². The highest BCUT2D eigenvalue weighted by Crippen LogP contribution is 2.30. The number of carbonyl (C=O) groups excluding carboxylic acids is 2. The minimum atomic E-state index is -3.34. The molecule has 0 radical (unpaired) electrons. The number of Topliss-reactive ketones (excluding diaryl/α,β-unsaturated/α-hetero) is 1. The molecule has 142 valence electrons. The molecule has 8 nitrogen and oxygen atoms in total. The molecule has 2 bridgehead atoms. The third-order valence-corrected chi connectivity index (χ3v) is 6.49. The molecule has 4 rings (SSSR count). The fourth-order valence-corrected chi connectivity index (χ4v) is 4.79. The van der Waals surface area contributed by atoms with Gasteiger partial charge in [0.15, 0.2) is 5.78 Å². The molecule has 3 aliphatic heterocycles. The van der Waals surface area contributed by atoms with Gasteiger partial charge in [-0.3, -0.25) is 14.4 Å². The van der Waals surface area contributed by atoms with Crippen LogP contribution in [0, 0.1) is 12.8 Å². The van der Waals surface area contributed by atoms with Gasteiger partial charge in [0.1, 0.15) is 5.56 Å². The molecular formula is C17H23N3O5S. The zero-order valence-electron chi connectivity index (χ0n) is 15.1. The highest BCUT2D eigenvalue weighted by atomic mass is 32.2. The summed E-state index contributed by atoms with van der Waals surface area (Å²) in [5.74, 6) is -0.628. The molecule has 0 saturated carbocycles. The number of piperidine rings is 1. The number of fused-ring (bicyclic) bond motifs is 4. The van der Waals surface area contributed by atoms with Crippen molar-refractivity contribution in [1.82, 2.24) is 14.2 Å². The normalized spacial score (nSPS) is 23.7.